The van der Waals surface area contributed by atoms with Crippen molar-refractivity contribution in [2.45, 2.75) is 98.4 Å². The summed E-state index contributed by atoms with van der Waals surface area (Å²) < 4.78 is 18.3. The number of aromatic nitrogens is 3. The standard InChI is InChI=1S/C48H67N9O6S/c1-11-31(5)55-23-19-34(27-55)46(60)54(9)42(30(3)4)45(59)51-38(47(61)57-22-14-13-21-50-57)25-40-52-44(53-64-40)33-17-18-39-36(24-33)37(26-48(7,8)28-63-29-58)43(56(39)12-2)35-16-15-20-49-41(35)32(6)62-10/h11,15-18,24,29-30,32,34,38,42,49-50H,1,5,12-14,19-23,25-28H2,2-4,6-10H3,(H,51,59). The smallest absolute Gasteiger partial charge is 0.293 e. The van der Waals surface area contributed by atoms with Gasteiger partial charge in [0.15, 0.2) is 5.82 Å². The molecule has 3 aliphatic heterocycles. The Morgan fingerprint density at radius 2 is 1.95 bits per heavy atom. The molecule has 64 heavy (non-hydrogen) atoms. The highest BCUT2D eigenvalue weighted by molar-refractivity contribution is 7.05. The number of likely N-dealkylation sites (N-methyl/N-ethyl adjacent to an activating group) is 1. The zero-order chi connectivity index (χ0) is 46.3. The average molecular weight is 898 g/mol. The van der Waals surface area contributed by atoms with Crippen LogP contribution in [0.2, 0.25) is 0 Å². The average Bonchev–Trinajstić information content (AvgIpc) is 4.05. The van der Waals surface area contributed by atoms with Crippen molar-refractivity contribution < 1.29 is 28.7 Å². The summed E-state index contributed by atoms with van der Waals surface area (Å²) in [6, 6.07) is 4.49. The fraction of sp³-hybridized carbons (Fsp3) is 0.542. The van der Waals surface area contributed by atoms with Gasteiger partial charge in [-0.2, -0.15) is 4.37 Å². The Morgan fingerprint density at radius 1 is 1.17 bits per heavy atom. The topological polar surface area (TPSA) is 163 Å². The quantitative estimate of drug-likeness (QED) is 0.0972. The summed E-state index contributed by atoms with van der Waals surface area (Å²) in [5.41, 5.74) is 9.67. The largest absolute Gasteiger partial charge is 0.467 e. The van der Waals surface area contributed by atoms with Crippen LogP contribution in [0.3, 0.4) is 0 Å². The summed E-state index contributed by atoms with van der Waals surface area (Å²) in [5.74, 6) is -0.777. The molecular formula is C48H67N9O6S. The molecular weight excluding hydrogens is 831 g/mol. The molecule has 2 aromatic heterocycles. The third-order valence-electron chi connectivity index (χ3n) is 12.6. The Balaban J connectivity index is 1.33. The number of amides is 3. The second-order valence-electron chi connectivity index (χ2n) is 18.2. The number of allylic oxidation sites excluding steroid dienone is 3. The number of rotatable bonds is 20. The molecule has 4 unspecified atom stereocenters. The number of hydrogen-bond acceptors (Lipinski definition) is 12. The predicted molar refractivity (Wildman–Crippen MR) is 252 cm³/mol. The van der Waals surface area contributed by atoms with Gasteiger partial charge < -0.3 is 34.5 Å². The molecule has 2 fully saturated rings. The molecule has 0 spiro atoms. The molecule has 0 saturated carbocycles. The van der Waals surface area contributed by atoms with E-state index in [-0.39, 0.29) is 42.8 Å². The molecule has 0 bridgehead atoms. The van der Waals surface area contributed by atoms with Crippen molar-refractivity contribution in [3.05, 3.63) is 77.2 Å². The summed E-state index contributed by atoms with van der Waals surface area (Å²) >= 11 is 1.20. The fourth-order valence-corrected chi connectivity index (χ4v) is 9.95. The molecule has 1 aromatic carbocycles. The molecule has 0 radical (unpaired) electrons. The van der Waals surface area contributed by atoms with Crippen LogP contribution in [0.4, 0.5) is 0 Å². The highest BCUT2D eigenvalue weighted by Gasteiger charge is 2.39. The van der Waals surface area contributed by atoms with E-state index >= 15 is 0 Å². The van der Waals surface area contributed by atoms with Crippen molar-refractivity contribution in [2.75, 3.05) is 53.5 Å². The number of fused-ring (bicyclic) bond motifs is 1. The van der Waals surface area contributed by atoms with Gasteiger partial charge in [-0.3, -0.25) is 24.2 Å². The minimum atomic E-state index is -0.957. The number of carbonyl (C=O) groups is 4. The van der Waals surface area contributed by atoms with Gasteiger partial charge in [0.2, 0.25) is 11.8 Å². The Labute approximate surface area is 382 Å². The number of benzene rings is 1. The normalized spacial score (nSPS) is 18.2. The number of methoxy groups -OCH3 is 1. The molecule has 3 aromatic rings. The molecule has 2 saturated heterocycles. The van der Waals surface area contributed by atoms with Crippen molar-refractivity contribution in [3.8, 4) is 11.4 Å². The third kappa shape index (κ3) is 10.6. The monoisotopic (exact) mass is 897 g/mol. The molecule has 4 atom stereocenters. The van der Waals surface area contributed by atoms with Crippen LogP contribution >= 0.6 is 11.5 Å². The minimum absolute atomic E-state index is 0.115. The zero-order valence-electron chi connectivity index (χ0n) is 38.9. The Kier molecular flexibility index (Phi) is 15.9. The molecule has 3 aliphatic rings. The number of nitrogens with one attached hydrogen (secondary N) is 3. The van der Waals surface area contributed by atoms with E-state index in [0.29, 0.717) is 69.4 Å². The van der Waals surface area contributed by atoms with E-state index in [2.05, 4.69) is 78.8 Å². The SMILES string of the molecule is C=CC(=C)N1CCC(C(=O)N(C)C(C(=O)NC(Cc2nc(-c3ccc4c(c3)c(CC(C)(C)COC=O)c(C3=C(C(C)OC)NCC=C3)n4CC)ns2)C(=O)N2CCCCN2)C(C)C)C1. The van der Waals surface area contributed by atoms with E-state index in [0.717, 1.165) is 57.5 Å². The van der Waals surface area contributed by atoms with Crippen LogP contribution in [0, 0.1) is 17.3 Å². The lowest BCUT2D eigenvalue weighted by molar-refractivity contribution is -0.145. The predicted octanol–water partition coefficient (Wildman–Crippen LogP) is 5.49. The van der Waals surface area contributed by atoms with Gasteiger partial charge in [-0.1, -0.05) is 53.0 Å². The summed E-state index contributed by atoms with van der Waals surface area (Å²) in [7, 11) is 3.39. The van der Waals surface area contributed by atoms with Crippen LogP contribution in [0.1, 0.15) is 77.1 Å². The fourth-order valence-electron chi connectivity index (χ4n) is 9.24. The second kappa shape index (κ2) is 21.1. The Morgan fingerprint density at radius 3 is 2.62 bits per heavy atom. The maximum atomic E-state index is 14.3. The van der Waals surface area contributed by atoms with Gasteiger partial charge in [0, 0.05) is 98.7 Å². The van der Waals surface area contributed by atoms with Crippen molar-refractivity contribution >= 4 is 52.2 Å². The number of carbonyl (C=O) groups excluding carboxylic acids is 4. The number of hydrazine groups is 1. The van der Waals surface area contributed by atoms with Crippen LogP contribution < -0.4 is 16.1 Å². The Bertz CT molecular complexity index is 2270. The van der Waals surface area contributed by atoms with E-state index < -0.39 is 23.4 Å². The van der Waals surface area contributed by atoms with E-state index in [9.17, 15) is 19.2 Å². The highest BCUT2D eigenvalue weighted by Crippen LogP contribution is 2.40. The van der Waals surface area contributed by atoms with E-state index in [1.165, 1.54) is 11.5 Å². The van der Waals surface area contributed by atoms with Gasteiger partial charge in [0.25, 0.3) is 12.4 Å². The van der Waals surface area contributed by atoms with Crippen LogP contribution in [-0.2, 0) is 48.0 Å². The van der Waals surface area contributed by atoms with E-state index in [4.69, 9.17) is 18.8 Å². The number of hydrogen-bond donors (Lipinski definition) is 3. The lowest BCUT2D eigenvalue weighted by Crippen LogP contribution is -2.59. The highest BCUT2D eigenvalue weighted by atomic mass is 32.1. The van der Waals surface area contributed by atoms with Gasteiger partial charge in [-0.25, -0.2) is 10.4 Å². The van der Waals surface area contributed by atoms with Crippen molar-refractivity contribution in [2.24, 2.45) is 17.3 Å². The maximum Gasteiger partial charge on any atom is 0.293 e. The number of nitrogens with zero attached hydrogens (tertiary/aromatic N) is 6. The molecule has 16 heteroatoms. The lowest BCUT2D eigenvalue weighted by Gasteiger charge is -2.35. The van der Waals surface area contributed by atoms with Crippen LogP contribution in [0.15, 0.2) is 61.0 Å². The number of ether oxygens (including phenoxy) is 2. The summed E-state index contributed by atoms with van der Waals surface area (Å²) in [6.45, 7) is 24.6. The van der Waals surface area contributed by atoms with Gasteiger partial charge >= 0.3 is 0 Å². The number of dihydropyridines is 1. The summed E-state index contributed by atoms with van der Waals surface area (Å²) in [5, 5.41) is 9.83. The van der Waals surface area contributed by atoms with Gasteiger partial charge in [-0.05, 0) is 86.8 Å². The molecule has 6 rings (SSSR count). The number of aryl methyl sites for hydroxylation is 1. The van der Waals surface area contributed by atoms with Crippen molar-refractivity contribution in [3.63, 3.8) is 0 Å². The zero-order valence-corrected chi connectivity index (χ0v) is 39.7. The first-order valence-electron chi connectivity index (χ1n) is 22.5. The summed E-state index contributed by atoms with van der Waals surface area (Å²) in [6.07, 6.45) is 8.96. The first kappa shape index (κ1) is 48.1. The van der Waals surface area contributed by atoms with Crippen molar-refractivity contribution in [1.82, 2.24) is 44.8 Å². The molecule has 0 aliphatic carbocycles. The van der Waals surface area contributed by atoms with Crippen LogP contribution in [0.25, 0.3) is 27.9 Å². The minimum Gasteiger partial charge on any atom is -0.467 e. The van der Waals surface area contributed by atoms with Gasteiger partial charge in [-0.15, -0.1) is 0 Å². The molecule has 3 N–H and O–H groups in total. The number of likely N-dealkylation sites (tertiary alicyclic amines) is 1. The molecule has 15 nitrogen and oxygen atoms in total. The molecule has 5 heterocycles. The lowest BCUT2D eigenvalue weighted by atomic mass is 9.84. The second-order valence-corrected chi connectivity index (χ2v) is 19.0. The van der Waals surface area contributed by atoms with Gasteiger partial charge in [0.1, 0.15) is 17.1 Å². The van der Waals surface area contributed by atoms with Crippen molar-refractivity contribution in [1.29, 1.82) is 0 Å². The first-order valence-corrected chi connectivity index (χ1v) is 23.3. The first-order chi connectivity index (χ1) is 30.6. The van der Waals surface area contributed by atoms with E-state index in [1.54, 1.807) is 30.1 Å². The van der Waals surface area contributed by atoms with Gasteiger partial charge in [0.05, 0.1) is 24.3 Å². The summed E-state index contributed by atoms with van der Waals surface area (Å²) in [4.78, 5) is 62.3. The van der Waals surface area contributed by atoms with E-state index in [1.807, 2.05) is 31.7 Å². The third-order valence-corrected chi connectivity index (χ3v) is 13.4. The Hall–Kier alpha value is -5.32. The van der Waals surface area contributed by atoms with Crippen LogP contribution in [-0.4, -0.2) is 125 Å². The maximum absolute atomic E-state index is 14.3. The van der Waals surface area contributed by atoms with Crippen LogP contribution in [0.5, 0.6) is 0 Å². The molecule has 3 amide bonds. The molecule has 346 valence electrons.